The first-order chi connectivity index (χ1) is 28.8. The molecule has 1 heterocycles. The molecule has 0 amide bonds. The van der Waals surface area contributed by atoms with Crippen LogP contribution in [0.15, 0.2) is 224 Å². The van der Waals surface area contributed by atoms with Gasteiger partial charge in [0, 0.05) is 42.2 Å². The highest BCUT2D eigenvalue weighted by Crippen LogP contribution is 2.51. The van der Waals surface area contributed by atoms with Crippen LogP contribution in [0.25, 0.3) is 86.2 Å². The van der Waals surface area contributed by atoms with E-state index in [1.807, 2.05) is 11.3 Å². The average Bonchev–Trinajstić information content (AvgIpc) is 3.69. The molecule has 0 unspecified atom stereocenters. The van der Waals surface area contributed by atoms with Crippen LogP contribution in [0.2, 0.25) is 0 Å². The number of rotatable bonds is 7. The van der Waals surface area contributed by atoms with Crippen LogP contribution in [0.1, 0.15) is 0 Å². The second kappa shape index (κ2) is 14.4. The van der Waals surface area contributed by atoms with Gasteiger partial charge in [-0.05, 0) is 68.2 Å². The van der Waals surface area contributed by atoms with Gasteiger partial charge < -0.3 is 4.90 Å². The van der Waals surface area contributed by atoms with Crippen LogP contribution < -0.4 is 4.90 Å². The fourth-order valence-electron chi connectivity index (χ4n) is 8.90. The third-order valence-corrected chi connectivity index (χ3v) is 12.7. The van der Waals surface area contributed by atoms with Crippen molar-refractivity contribution in [3.8, 4) is 44.5 Å². The summed E-state index contributed by atoms with van der Waals surface area (Å²) in [5.74, 6) is 0. The van der Waals surface area contributed by atoms with Crippen molar-refractivity contribution in [1.29, 1.82) is 0 Å². The van der Waals surface area contributed by atoms with Gasteiger partial charge in [-0.3, -0.25) is 0 Å². The van der Waals surface area contributed by atoms with Crippen LogP contribution in [0, 0.1) is 0 Å². The molecule has 0 N–H and O–H groups in total. The second-order valence-corrected chi connectivity index (χ2v) is 15.8. The van der Waals surface area contributed by atoms with E-state index in [0.29, 0.717) is 0 Å². The van der Waals surface area contributed by atoms with Crippen LogP contribution >= 0.6 is 11.3 Å². The summed E-state index contributed by atoms with van der Waals surface area (Å²) >= 11 is 1.88. The lowest BCUT2D eigenvalue weighted by Crippen LogP contribution is -2.13. The number of benzene rings is 10. The minimum Gasteiger partial charge on any atom is -0.309 e. The van der Waals surface area contributed by atoms with E-state index in [9.17, 15) is 0 Å². The van der Waals surface area contributed by atoms with Gasteiger partial charge in [0.1, 0.15) is 0 Å². The zero-order chi connectivity index (χ0) is 38.4. The van der Waals surface area contributed by atoms with E-state index in [1.54, 1.807) is 0 Å². The van der Waals surface area contributed by atoms with E-state index in [0.717, 1.165) is 22.6 Å². The largest absolute Gasteiger partial charge is 0.309 e. The van der Waals surface area contributed by atoms with Crippen molar-refractivity contribution in [2.75, 3.05) is 4.90 Å². The maximum absolute atomic E-state index is 2.53. The zero-order valence-electron chi connectivity index (χ0n) is 31.7. The molecule has 0 bridgehead atoms. The summed E-state index contributed by atoms with van der Waals surface area (Å²) in [6, 6.07) is 82.0. The number of nitrogens with zero attached hydrogens (tertiary/aromatic N) is 1. The third-order valence-electron chi connectivity index (χ3n) is 11.5. The van der Waals surface area contributed by atoms with E-state index in [2.05, 4.69) is 229 Å². The smallest absolute Gasteiger partial charge is 0.0546 e. The molecular weight excluding hydrogens is 719 g/mol. The molecule has 272 valence electrons. The highest BCUT2D eigenvalue weighted by Gasteiger charge is 2.25. The molecule has 0 saturated carbocycles. The van der Waals surface area contributed by atoms with E-state index >= 15 is 0 Å². The van der Waals surface area contributed by atoms with Crippen molar-refractivity contribution in [2.45, 2.75) is 0 Å². The van der Waals surface area contributed by atoms with Crippen molar-refractivity contribution in [1.82, 2.24) is 0 Å². The van der Waals surface area contributed by atoms with Gasteiger partial charge in [0.25, 0.3) is 0 Å². The van der Waals surface area contributed by atoms with Crippen molar-refractivity contribution in [3.05, 3.63) is 224 Å². The monoisotopic (exact) mass is 755 g/mol. The molecule has 0 radical (unpaired) electrons. The van der Waals surface area contributed by atoms with E-state index < -0.39 is 0 Å². The van der Waals surface area contributed by atoms with Crippen molar-refractivity contribution in [2.24, 2.45) is 0 Å². The summed E-state index contributed by atoms with van der Waals surface area (Å²) in [5, 5.41) is 7.49. The Balaban J connectivity index is 1.21. The van der Waals surface area contributed by atoms with Crippen LogP contribution in [-0.2, 0) is 0 Å². The SMILES string of the molecule is c1ccc(-c2ccccc2-c2ccccc2-c2ccccc2N(c2ccccc2-c2cccc3c2sc2ccccc23)c2cc3ccccc3c3ccccc23)cc1. The van der Waals surface area contributed by atoms with Gasteiger partial charge in [0.2, 0.25) is 0 Å². The topological polar surface area (TPSA) is 3.24 Å². The Bertz CT molecular complexity index is 3300. The molecular formula is C56H37NS. The lowest BCUT2D eigenvalue weighted by molar-refractivity contribution is 1.30. The molecule has 0 atom stereocenters. The van der Waals surface area contributed by atoms with Crippen LogP contribution in [-0.4, -0.2) is 0 Å². The predicted octanol–water partition coefficient (Wildman–Crippen LogP) is 16.5. The molecule has 0 saturated heterocycles. The van der Waals surface area contributed by atoms with Gasteiger partial charge in [-0.2, -0.15) is 0 Å². The third kappa shape index (κ3) is 5.69. The molecule has 1 nitrogen and oxygen atoms in total. The highest BCUT2D eigenvalue weighted by molar-refractivity contribution is 7.26. The lowest BCUT2D eigenvalue weighted by atomic mass is 9.88. The summed E-state index contributed by atoms with van der Waals surface area (Å²) in [5.41, 5.74) is 13.0. The Morgan fingerprint density at radius 3 is 1.47 bits per heavy atom. The summed E-state index contributed by atoms with van der Waals surface area (Å²) in [4.78, 5) is 2.53. The van der Waals surface area contributed by atoms with Gasteiger partial charge >= 0.3 is 0 Å². The van der Waals surface area contributed by atoms with Gasteiger partial charge in [0.15, 0.2) is 0 Å². The summed E-state index contributed by atoms with van der Waals surface area (Å²) in [6.45, 7) is 0. The summed E-state index contributed by atoms with van der Waals surface area (Å²) in [7, 11) is 0. The Morgan fingerprint density at radius 2 is 0.741 bits per heavy atom. The first-order valence-electron chi connectivity index (χ1n) is 19.9. The average molecular weight is 756 g/mol. The maximum Gasteiger partial charge on any atom is 0.0546 e. The molecule has 0 aliphatic rings. The van der Waals surface area contributed by atoms with Crippen molar-refractivity contribution >= 4 is 70.1 Å². The van der Waals surface area contributed by atoms with Crippen molar-refractivity contribution in [3.63, 3.8) is 0 Å². The molecule has 0 spiro atoms. The molecule has 2 heteroatoms. The molecule has 0 fully saturated rings. The lowest BCUT2D eigenvalue weighted by Gasteiger charge is -2.31. The molecule has 11 aromatic rings. The van der Waals surface area contributed by atoms with Crippen LogP contribution in [0.5, 0.6) is 0 Å². The summed E-state index contributed by atoms with van der Waals surface area (Å²) < 4.78 is 2.60. The molecule has 0 aliphatic heterocycles. The number of anilines is 3. The Hall–Kier alpha value is -7.26. The number of thiophene rings is 1. The molecule has 1 aromatic heterocycles. The quantitative estimate of drug-likeness (QED) is 0.146. The summed E-state index contributed by atoms with van der Waals surface area (Å²) in [6.07, 6.45) is 0. The normalized spacial score (nSPS) is 11.4. The van der Waals surface area contributed by atoms with Crippen LogP contribution in [0.4, 0.5) is 17.1 Å². The predicted molar refractivity (Wildman–Crippen MR) is 251 cm³/mol. The Labute approximate surface area is 342 Å². The standard InChI is InChI=1S/C56H37NS/c1-2-19-38(20-3-1)40-22-6-7-24-42(40)44-26-8-9-27-45(44)46-28-12-15-34-52(46)57(54-37-39-21-4-5-23-41(39)43-25-10-11-29-47(43)54)53-35-16-13-30-48(53)50-32-18-33-51-49-31-14-17-36-55(49)58-56(50)51/h1-37H. The second-order valence-electron chi connectivity index (χ2n) is 14.8. The molecule has 0 aliphatic carbocycles. The van der Waals surface area contributed by atoms with E-state index in [1.165, 1.54) is 80.7 Å². The fourth-order valence-corrected chi connectivity index (χ4v) is 10.1. The van der Waals surface area contributed by atoms with E-state index in [-0.39, 0.29) is 0 Å². The van der Waals surface area contributed by atoms with Gasteiger partial charge in [-0.1, -0.05) is 200 Å². The number of fused-ring (bicyclic) bond motifs is 6. The number of para-hydroxylation sites is 2. The first kappa shape index (κ1) is 34.0. The van der Waals surface area contributed by atoms with Crippen LogP contribution in [0.3, 0.4) is 0 Å². The maximum atomic E-state index is 2.53. The zero-order valence-corrected chi connectivity index (χ0v) is 32.5. The number of hydrogen-bond acceptors (Lipinski definition) is 2. The Morgan fingerprint density at radius 1 is 0.276 bits per heavy atom. The highest BCUT2D eigenvalue weighted by atomic mass is 32.1. The van der Waals surface area contributed by atoms with Gasteiger partial charge in [-0.15, -0.1) is 11.3 Å². The van der Waals surface area contributed by atoms with Crippen molar-refractivity contribution < 1.29 is 0 Å². The molecule has 11 rings (SSSR count). The fraction of sp³-hybridized carbons (Fsp3) is 0. The minimum atomic E-state index is 1.11. The first-order valence-corrected chi connectivity index (χ1v) is 20.7. The number of hydrogen-bond donors (Lipinski definition) is 0. The Kier molecular flexibility index (Phi) is 8.42. The minimum absolute atomic E-state index is 1.11. The van der Waals surface area contributed by atoms with Gasteiger partial charge in [0.05, 0.1) is 17.1 Å². The molecule has 10 aromatic carbocycles. The van der Waals surface area contributed by atoms with Gasteiger partial charge in [-0.25, -0.2) is 0 Å². The van der Waals surface area contributed by atoms with E-state index in [4.69, 9.17) is 0 Å². The molecule has 58 heavy (non-hydrogen) atoms.